The summed E-state index contributed by atoms with van der Waals surface area (Å²) in [5.74, 6) is 0.464. The molecule has 0 bridgehead atoms. The molecule has 1 fully saturated rings. The minimum absolute atomic E-state index is 0.464. The Bertz CT molecular complexity index is 313. The highest BCUT2D eigenvalue weighted by Gasteiger charge is 2.21. The van der Waals surface area contributed by atoms with Crippen LogP contribution < -0.4 is 5.73 Å². The summed E-state index contributed by atoms with van der Waals surface area (Å²) in [4.78, 5) is 0. The molecule has 0 unspecified atom stereocenters. The van der Waals surface area contributed by atoms with Gasteiger partial charge in [-0.25, -0.2) is 0 Å². The van der Waals surface area contributed by atoms with Gasteiger partial charge in [-0.15, -0.1) is 0 Å². The molecule has 1 aromatic heterocycles. The van der Waals surface area contributed by atoms with Crippen LogP contribution >= 0.6 is 11.6 Å². The molecule has 4 heteroatoms. The Hall–Kier alpha value is -0.700. The lowest BCUT2D eigenvalue weighted by molar-refractivity contribution is 0.458. The second-order valence-electron chi connectivity index (χ2n) is 3.67. The van der Waals surface area contributed by atoms with E-state index < -0.39 is 0 Å². The number of nitrogen functional groups attached to an aromatic ring is 1. The van der Waals surface area contributed by atoms with Gasteiger partial charge in [0.15, 0.2) is 5.82 Å². The second kappa shape index (κ2) is 3.22. The van der Waals surface area contributed by atoms with Crippen molar-refractivity contribution in [2.45, 2.75) is 38.6 Å². The van der Waals surface area contributed by atoms with Crippen LogP contribution in [0.15, 0.2) is 0 Å². The van der Waals surface area contributed by atoms with Gasteiger partial charge in [0.2, 0.25) is 0 Å². The van der Waals surface area contributed by atoms with Crippen molar-refractivity contribution in [1.29, 1.82) is 0 Å². The van der Waals surface area contributed by atoms with Crippen LogP contribution in [0.1, 0.15) is 37.4 Å². The fourth-order valence-electron chi connectivity index (χ4n) is 2.03. The highest BCUT2D eigenvalue weighted by molar-refractivity contribution is 6.33. The second-order valence-corrected chi connectivity index (χ2v) is 4.05. The van der Waals surface area contributed by atoms with E-state index in [9.17, 15) is 0 Å². The van der Waals surface area contributed by atoms with Crippen molar-refractivity contribution in [2.75, 3.05) is 5.73 Å². The van der Waals surface area contributed by atoms with Gasteiger partial charge in [0, 0.05) is 0 Å². The van der Waals surface area contributed by atoms with E-state index in [1.54, 1.807) is 0 Å². The Morgan fingerprint density at radius 2 is 2.08 bits per heavy atom. The molecule has 0 radical (unpaired) electrons. The number of hydrogen-bond donors (Lipinski definition) is 1. The normalized spacial score (nSPS) is 18.3. The number of nitrogens with zero attached hydrogens (tertiary/aromatic N) is 2. The number of aromatic nitrogens is 2. The van der Waals surface area contributed by atoms with Gasteiger partial charge in [0.05, 0.1) is 11.7 Å². The first-order valence-corrected chi connectivity index (χ1v) is 5.08. The van der Waals surface area contributed by atoms with E-state index >= 15 is 0 Å². The zero-order valence-electron chi connectivity index (χ0n) is 7.76. The molecule has 0 aliphatic heterocycles. The standard InChI is InChI=1S/C9H14ClN3/c1-6-8(10)9(11)12-13(6)7-4-2-3-5-7/h7H,2-5H2,1H3,(H2,11,12). The topological polar surface area (TPSA) is 43.8 Å². The van der Waals surface area contributed by atoms with E-state index in [0.717, 1.165) is 5.69 Å². The van der Waals surface area contributed by atoms with Crippen LogP contribution in [0.25, 0.3) is 0 Å². The maximum atomic E-state index is 5.97. The number of anilines is 1. The molecule has 1 aliphatic rings. The van der Waals surface area contributed by atoms with Crippen molar-refractivity contribution in [3.05, 3.63) is 10.7 Å². The van der Waals surface area contributed by atoms with Crippen molar-refractivity contribution in [2.24, 2.45) is 0 Å². The van der Waals surface area contributed by atoms with Crippen molar-refractivity contribution in [1.82, 2.24) is 9.78 Å². The van der Waals surface area contributed by atoms with E-state index in [0.29, 0.717) is 16.9 Å². The van der Waals surface area contributed by atoms with Gasteiger partial charge in [0.25, 0.3) is 0 Å². The van der Waals surface area contributed by atoms with Crippen molar-refractivity contribution < 1.29 is 0 Å². The Kier molecular flexibility index (Phi) is 2.20. The Morgan fingerprint density at radius 1 is 1.46 bits per heavy atom. The van der Waals surface area contributed by atoms with Crippen LogP contribution in [0.5, 0.6) is 0 Å². The monoisotopic (exact) mass is 199 g/mol. The van der Waals surface area contributed by atoms with E-state index in [4.69, 9.17) is 17.3 Å². The molecule has 2 rings (SSSR count). The van der Waals surface area contributed by atoms with Crippen LogP contribution in [0, 0.1) is 6.92 Å². The average Bonchev–Trinajstić information content (AvgIpc) is 2.70. The lowest BCUT2D eigenvalue weighted by Crippen LogP contribution is -2.08. The first-order valence-electron chi connectivity index (χ1n) is 4.70. The number of hydrogen-bond acceptors (Lipinski definition) is 2. The summed E-state index contributed by atoms with van der Waals surface area (Å²) in [6, 6.07) is 0.523. The molecule has 72 valence electrons. The fourth-order valence-corrected chi connectivity index (χ4v) is 2.15. The maximum Gasteiger partial charge on any atom is 0.164 e. The molecule has 0 aromatic carbocycles. The van der Waals surface area contributed by atoms with Crippen LogP contribution in [0.3, 0.4) is 0 Å². The fraction of sp³-hybridized carbons (Fsp3) is 0.667. The minimum atomic E-state index is 0.464. The van der Waals surface area contributed by atoms with Gasteiger partial charge in [-0.1, -0.05) is 24.4 Å². The molecular formula is C9H14ClN3. The molecule has 3 nitrogen and oxygen atoms in total. The quantitative estimate of drug-likeness (QED) is 0.756. The van der Waals surface area contributed by atoms with Gasteiger partial charge >= 0.3 is 0 Å². The summed E-state index contributed by atoms with van der Waals surface area (Å²) in [5, 5.41) is 4.87. The van der Waals surface area contributed by atoms with E-state index in [1.165, 1.54) is 25.7 Å². The third kappa shape index (κ3) is 1.41. The largest absolute Gasteiger partial charge is 0.381 e. The van der Waals surface area contributed by atoms with Gasteiger partial charge < -0.3 is 5.73 Å². The van der Waals surface area contributed by atoms with Crippen LogP contribution in [0.4, 0.5) is 5.82 Å². The van der Waals surface area contributed by atoms with Crippen LogP contribution in [-0.2, 0) is 0 Å². The van der Waals surface area contributed by atoms with Crippen molar-refractivity contribution >= 4 is 17.4 Å². The number of halogens is 1. The molecule has 1 saturated carbocycles. The SMILES string of the molecule is Cc1c(Cl)c(N)nn1C1CCCC1. The first kappa shape index (κ1) is 8.88. The summed E-state index contributed by atoms with van der Waals surface area (Å²) in [5.41, 5.74) is 6.65. The predicted octanol–water partition coefficient (Wildman–Crippen LogP) is 2.54. The zero-order chi connectivity index (χ0) is 9.42. The van der Waals surface area contributed by atoms with Crippen molar-refractivity contribution in [3.8, 4) is 0 Å². The Labute approximate surface area is 82.9 Å². The molecule has 0 amide bonds. The Morgan fingerprint density at radius 3 is 2.54 bits per heavy atom. The van der Waals surface area contributed by atoms with Gasteiger partial charge in [0.1, 0.15) is 5.02 Å². The molecule has 0 spiro atoms. The van der Waals surface area contributed by atoms with Crippen molar-refractivity contribution in [3.63, 3.8) is 0 Å². The van der Waals surface area contributed by atoms with Crippen LogP contribution in [-0.4, -0.2) is 9.78 Å². The molecule has 2 N–H and O–H groups in total. The molecule has 0 atom stereocenters. The summed E-state index contributed by atoms with van der Waals surface area (Å²) in [7, 11) is 0. The molecule has 0 saturated heterocycles. The molecule has 1 heterocycles. The number of nitrogens with two attached hydrogens (primary N) is 1. The van der Waals surface area contributed by atoms with Gasteiger partial charge in [-0.3, -0.25) is 4.68 Å². The summed E-state index contributed by atoms with van der Waals surface area (Å²) >= 11 is 5.97. The summed E-state index contributed by atoms with van der Waals surface area (Å²) < 4.78 is 1.99. The highest BCUT2D eigenvalue weighted by atomic mass is 35.5. The lowest BCUT2D eigenvalue weighted by Gasteiger charge is -2.11. The zero-order valence-corrected chi connectivity index (χ0v) is 8.51. The van der Waals surface area contributed by atoms with Gasteiger partial charge in [-0.2, -0.15) is 5.10 Å². The first-order chi connectivity index (χ1) is 6.20. The number of rotatable bonds is 1. The predicted molar refractivity (Wildman–Crippen MR) is 53.9 cm³/mol. The van der Waals surface area contributed by atoms with E-state index in [1.807, 2.05) is 11.6 Å². The highest BCUT2D eigenvalue weighted by Crippen LogP contribution is 2.33. The third-order valence-corrected chi connectivity index (χ3v) is 3.24. The molecule has 1 aliphatic carbocycles. The molecule has 13 heavy (non-hydrogen) atoms. The van der Waals surface area contributed by atoms with Crippen LogP contribution in [0.2, 0.25) is 5.02 Å². The summed E-state index contributed by atoms with van der Waals surface area (Å²) in [6.45, 7) is 1.98. The smallest absolute Gasteiger partial charge is 0.164 e. The maximum absolute atomic E-state index is 5.97. The molecule has 1 aromatic rings. The average molecular weight is 200 g/mol. The minimum Gasteiger partial charge on any atom is -0.381 e. The van der Waals surface area contributed by atoms with E-state index in [-0.39, 0.29) is 0 Å². The lowest BCUT2D eigenvalue weighted by atomic mass is 10.2. The summed E-state index contributed by atoms with van der Waals surface area (Å²) in [6.07, 6.45) is 5.00. The van der Waals surface area contributed by atoms with E-state index in [2.05, 4.69) is 5.10 Å². The molecular weight excluding hydrogens is 186 g/mol. The third-order valence-electron chi connectivity index (χ3n) is 2.77. The Balaban J connectivity index is 2.34. The van der Waals surface area contributed by atoms with Gasteiger partial charge in [-0.05, 0) is 19.8 Å².